The molecule has 1 aliphatic rings. The zero-order chi connectivity index (χ0) is 21.2. The van der Waals surface area contributed by atoms with Crippen LogP contribution in [0.3, 0.4) is 0 Å². The highest BCUT2D eigenvalue weighted by Gasteiger charge is 2.24. The molecule has 2 heterocycles. The zero-order valence-corrected chi connectivity index (χ0v) is 17.6. The highest BCUT2D eigenvalue weighted by Crippen LogP contribution is 2.17. The molecule has 1 fully saturated rings. The van der Waals surface area contributed by atoms with Crippen LogP contribution in [-0.2, 0) is 27.4 Å². The van der Waals surface area contributed by atoms with Crippen LogP contribution in [0.25, 0.3) is 0 Å². The van der Waals surface area contributed by atoms with E-state index in [1.165, 1.54) is 11.8 Å². The number of hydrogen-bond acceptors (Lipinski definition) is 9. The van der Waals surface area contributed by atoms with Crippen molar-refractivity contribution < 1.29 is 24.1 Å². The number of nitrogens with zero attached hydrogens (tertiary/aromatic N) is 2. The van der Waals surface area contributed by atoms with Gasteiger partial charge in [0, 0.05) is 24.7 Å². The Kier molecular flexibility index (Phi) is 8.69. The maximum absolute atomic E-state index is 11.9. The lowest BCUT2D eigenvalue weighted by molar-refractivity contribution is -0.189. The Balaban J connectivity index is 1.34. The summed E-state index contributed by atoms with van der Waals surface area (Å²) in [5.41, 5.74) is 1.56. The predicted octanol–water partition coefficient (Wildman–Crippen LogP) is 2.16. The molecular formula is C20H26N4O5S. The molecule has 1 aromatic heterocycles. The van der Waals surface area contributed by atoms with Gasteiger partial charge in [-0.1, -0.05) is 42.1 Å². The lowest BCUT2D eigenvalue weighted by Crippen LogP contribution is -2.47. The van der Waals surface area contributed by atoms with E-state index in [0.29, 0.717) is 42.7 Å². The van der Waals surface area contributed by atoms with E-state index in [1.54, 1.807) is 6.20 Å². The molecule has 1 aliphatic heterocycles. The number of aromatic nitrogens is 2. The second-order valence-corrected chi connectivity index (χ2v) is 7.38. The first-order chi connectivity index (χ1) is 14.7. The number of nitrogens with one attached hydrogen (secondary N) is 2. The molecule has 0 atom stereocenters. The van der Waals surface area contributed by atoms with E-state index in [0.717, 1.165) is 5.56 Å². The molecule has 1 saturated heterocycles. The smallest absolute Gasteiger partial charge is 0.407 e. The van der Waals surface area contributed by atoms with Gasteiger partial charge in [0.2, 0.25) is 0 Å². The Bertz CT molecular complexity index is 803. The summed E-state index contributed by atoms with van der Waals surface area (Å²) in [7, 11) is 0. The van der Waals surface area contributed by atoms with Crippen molar-refractivity contribution in [2.24, 2.45) is 0 Å². The van der Waals surface area contributed by atoms with Crippen molar-refractivity contribution in [3.05, 3.63) is 47.7 Å². The number of thioether (sulfide) groups is 1. The molecule has 1 aromatic carbocycles. The number of alkyl carbamates (subject to hydrolysis) is 1. The SMILES string of the molecule is CSc1ncc(CO)c(NCCC2OCC(NC(=O)OCc3ccccc3)CO2)n1. The standard InChI is InChI=1S/C20H26N4O5S/c1-30-19-22-9-15(10-25)18(24-19)21-8-7-17-27-12-16(13-28-17)23-20(26)29-11-14-5-3-2-4-6-14/h2-6,9,16-17,25H,7-8,10-13H2,1H3,(H,23,26)(H,21,22,24). The summed E-state index contributed by atoms with van der Waals surface area (Å²) in [4.78, 5) is 20.4. The number of anilines is 1. The molecule has 1 amide bonds. The normalized spacial score (nSPS) is 18.6. The van der Waals surface area contributed by atoms with Crippen LogP contribution in [0.15, 0.2) is 41.7 Å². The first-order valence-corrected chi connectivity index (χ1v) is 10.9. The van der Waals surface area contributed by atoms with Crippen molar-refractivity contribution >= 4 is 23.7 Å². The van der Waals surface area contributed by atoms with Crippen molar-refractivity contribution in [1.82, 2.24) is 15.3 Å². The largest absolute Gasteiger partial charge is 0.445 e. The Morgan fingerprint density at radius 1 is 1.30 bits per heavy atom. The highest BCUT2D eigenvalue weighted by atomic mass is 32.2. The van der Waals surface area contributed by atoms with Gasteiger partial charge in [-0.15, -0.1) is 0 Å². The van der Waals surface area contributed by atoms with Crippen molar-refractivity contribution in [2.45, 2.75) is 37.1 Å². The van der Waals surface area contributed by atoms with Crippen molar-refractivity contribution in [1.29, 1.82) is 0 Å². The van der Waals surface area contributed by atoms with Crippen LogP contribution < -0.4 is 10.6 Å². The number of amides is 1. The van der Waals surface area contributed by atoms with E-state index in [9.17, 15) is 9.90 Å². The lowest BCUT2D eigenvalue weighted by Gasteiger charge is -2.29. The Morgan fingerprint density at radius 3 is 2.77 bits per heavy atom. The van der Waals surface area contributed by atoms with Crippen LogP contribution in [0.5, 0.6) is 0 Å². The average Bonchev–Trinajstić information content (AvgIpc) is 2.79. The van der Waals surface area contributed by atoms with Gasteiger partial charge in [0.1, 0.15) is 12.4 Å². The summed E-state index contributed by atoms with van der Waals surface area (Å²) in [6, 6.07) is 9.23. The molecule has 3 N–H and O–H groups in total. The molecule has 2 aromatic rings. The first-order valence-electron chi connectivity index (χ1n) is 9.63. The monoisotopic (exact) mass is 434 g/mol. The van der Waals surface area contributed by atoms with E-state index in [4.69, 9.17) is 14.2 Å². The summed E-state index contributed by atoms with van der Waals surface area (Å²) in [6.45, 7) is 1.32. The number of aliphatic hydroxyl groups excluding tert-OH is 1. The lowest BCUT2D eigenvalue weighted by atomic mass is 10.2. The fourth-order valence-corrected chi connectivity index (χ4v) is 3.13. The summed E-state index contributed by atoms with van der Waals surface area (Å²) in [5.74, 6) is 0.605. The van der Waals surface area contributed by atoms with Crippen molar-refractivity contribution in [3.63, 3.8) is 0 Å². The van der Waals surface area contributed by atoms with Gasteiger partial charge in [-0.3, -0.25) is 0 Å². The van der Waals surface area contributed by atoms with Crippen LogP contribution in [0.4, 0.5) is 10.6 Å². The van der Waals surface area contributed by atoms with Crippen molar-refractivity contribution in [3.8, 4) is 0 Å². The third-order valence-corrected chi connectivity index (χ3v) is 4.93. The van der Waals surface area contributed by atoms with Gasteiger partial charge < -0.3 is 30.0 Å². The molecule has 162 valence electrons. The molecular weight excluding hydrogens is 408 g/mol. The van der Waals surface area contributed by atoms with Gasteiger partial charge in [-0.2, -0.15) is 0 Å². The molecule has 3 rings (SSSR count). The van der Waals surface area contributed by atoms with E-state index in [-0.39, 0.29) is 25.5 Å². The minimum Gasteiger partial charge on any atom is -0.445 e. The van der Waals surface area contributed by atoms with Gasteiger partial charge in [0.05, 0.1) is 25.9 Å². The molecule has 10 heteroatoms. The molecule has 9 nitrogen and oxygen atoms in total. The summed E-state index contributed by atoms with van der Waals surface area (Å²) in [6.07, 6.45) is 3.22. The fourth-order valence-electron chi connectivity index (χ4n) is 2.79. The van der Waals surface area contributed by atoms with Crippen LogP contribution in [0.1, 0.15) is 17.5 Å². The number of benzene rings is 1. The summed E-state index contributed by atoms with van der Waals surface area (Å²) in [5, 5.41) is 16.0. The summed E-state index contributed by atoms with van der Waals surface area (Å²) < 4.78 is 16.6. The number of ether oxygens (including phenoxy) is 3. The van der Waals surface area contributed by atoms with Gasteiger partial charge >= 0.3 is 6.09 Å². The van der Waals surface area contributed by atoms with Crippen LogP contribution in [0.2, 0.25) is 0 Å². The van der Waals surface area contributed by atoms with E-state index < -0.39 is 6.09 Å². The Hall–Kier alpha value is -2.40. The maximum atomic E-state index is 11.9. The molecule has 0 spiro atoms. The van der Waals surface area contributed by atoms with E-state index in [1.807, 2.05) is 36.6 Å². The number of hydrogen-bond donors (Lipinski definition) is 3. The number of carbonyl (C=O) groups excluding carboxylic acids is 1. The molecule has 0 unspecified atom stereocenters. The maximum Gasteiger partial charge on any atom is 0.407 e. The van der Waals surface area contributed by atoms with Crippen molar-refractivity contribution in [2.75, 3.05) is 31.3 Å². The molecule has 0 saturated carbocycles. The first kappa shape index (κ1) is 22.3. The van der Waals surface area contributed by atoms with E-state index >= 15 is 0 Å². The third kappa shape index (κ3) is 6.84. The van der Waals surface area contributed by atoms with Gasteiger partial charge in [-0.25, -0.2) is 14.8 Å². The third-order valence-electron chi connectivity index (χ3n) is 4.37. The number of rotatable bonds is 9. The van der Waals surface area contributed by atoms with Crippen LogP contribution >= 0.6 is 11.8 Å². The van der Waals surface area contributed by atoms with Crippen LogP contribution in [0, 0.1) is 0 Å². The minimum absolute atomic E-state index is 0.138. The predicted molar refractivity (Wildman–Crippen MR) is 112 cm³/mol. The number of aliphatic hydroxyl groups is 1. The van der Waals surface area contributed by atoms with Gasteiger partial charge in [-0.05, 0) is 11.8 Å². The molecule has 0 bridgehead atoms. The van der Waals surface area contributed by atoms with Gasteiger partial charge in [0.25, 0.3) is 0 Å². The highest BCUT2D eigenvalue weighted by molar-refractivity contribution is 7.98. The topological polar surface area (TPSA) is 115 Å². The Morgan fingerprint density at radius 2 is 2.07 bits per heavy atom. The molecule has 0 radical (unpaired) electrons. The second-order valence-electron chi connectivity index (χ2n) is 6.60. The average molecular weight is 435 g/mol. The Labute approximate surface area is 179 Å². The summed E-state index contributed by atoms with van der Waals surface area (Å²) >= 11 is 1.43. The number of carbonyl (C=O) groups is 1. The molecule has 0 aliphatic carbocycles. The zero-order valence-electron chi connectivity index (χ0n) is 16.7. The molecule has 30 heavy (non-hydrogen) atoms. The van der Waals surface area contributed by atoms with Gasteiger partial charge in [0.15, 0.2) is 11.4 Å². The van der Waals surface area contributed by atoms with E-state index in [2.05, 4.69) is 20.6 Å². The van der Waals surface area contributed by atoms with Crippen LogP contribution in [-0.4, -0.2) is 59.5 Å². The second kappa shape index (κ2) is 11.7. The fraction of sp³-hybridized carbons (Fsp3) is 0.450. The quantitative estimate of drug-likeness (QED) is 0.403. The minimum atomic E-state index is -0.499.